The quantitative estimate of drug-likeness (QED) is 0.107. The third kappa shape index (κ3) is 9.66. The molecule has 11 nitrogen and oxygen atoms in total. The molecule has 0 bridgehead atoms. The van der Waals surface area contributed by atoms with Crippen molar-refractivity contribution in [2.24, 2.45) is 13.0 Å². The first kappa shape index (κ1) is 38.9. The van der Waals surface area contributed by atoms with Gasteiger partial charge in [0.25, 0.3) is 5.56 Å². The number of piperidine rings is 2. The molecule has 2 aromatic heterocycles. The summed E-state index contributed by atoms with van der Waals surface area (Å²) in [6.07, 6.45) is 4.09. The van der Waals surface area contributed by atoms with Crippen molar-refractivity contribution in [1.29, 1.82) is 0 Å². The Bertz CT molecular complexity index is 1980. The maximum atomic E-state index is 15.2. The number of aryl methyl sites for hydroxylation is 1. The van der Waals surface area contributed by atoms with E-state index >= 15 is 4.39 Å². The summed E-state index contributed by atoms with van der Waals surface area (Å²) in [5.74, 6) is -0.0893. The van der Waals surface area contributed by atoms with E-state index in [1.807, 2.05) is 0 Å². The van der Waals surface area contributed by atoms with Crippen LogP contribution in [0.3, 0.4) is 0 Å². The number of alkyl halides is 3. The molecule has 0 radical (unpaired) electrons. The molecule has 2 aliphatic rings. The molecule has 15 heteroatoms. The number of nitrogens with zero attached hydrogens (tertiary/aromatic N) is 4. The number of likely N-dealkylation sites (tertiary alicyclic amines) is 2. The number of aromatic amines is 1. The molecule has 290 valence electrons. The van der Waals surface area contributed by atoms with Crippen molar-refractivity contribution in [2.75, 3.05) is 45.1 Å². The number of hydrogen-bond donors (Lipinski definition) is 3. The predicted octanol–water partition coefficient (Wildman–Crippen LogP) is 5.95. The van der Waals surface area contributed by atoms with E-state index in [2.05, 4.69) is 35.4 Å². The second-order valence-electron chi connectivity index (χ2n) is 14.4. The lowest BCUT2D eigenvalue weighted by Gasteiger charge is -2.35. The second kappa shape index (κ2) is 17.1. The van der Waals surface area contributed by atoms with Crippen LogP contribution in [-0.4, -0.2) is 88.9 Å². The minimum absolute atomic E-state index is 0.113. The van der Waals surface area contributed by atoms with Gasteiger partial charge < -0.3 is 29.6 Å². The molecule has 3 N–H and O–H groups in total. The van der Waals surface area contributed by atoms with Gasteiger partial charge >= 0.3 is 6.36 Å². The zero-order valence-corrected chi connectivity index (χ0v) is 30.6. The largest absolute Gasteiger partial charge is 0.573 e. The van der Waals surface area contributed by atoms with Crippen molar-refractivity contribution < 1.29 is 31.9 Å². The lowest BCUT2D eigenvalue weighted by Crippen LogP contribution is -2.37. The van der Waals surface area contributed by atoms with Gasteiger partial charge in [-0.25, -0.2) is 4.39 Å². The highest BCUT2D eigenvalue weighted by atomic mass is 19.4. The summed E-state index contributed by atoms with van der Waals surface area (Å²) in [5.41, 5.74) is 2.68. The van der Waals surface area contributed by atoms with E-state index in [-0.39, 0.29) is 40.9 Å². The van der Waals surface area contributed by atoms with Crippen molar-refractivity contribution in [1.82, 2.24) is 29.9 Å². The topological polar surface area (TPSA) is 125 Å². The number of carbonyl (C=O) groups is 2. The van der Waals surface area contributed by atoms with Crippen molar-refractivity contribution in [3.8, 4) is 16.9 Å². The van der Waals surface area contributed by atoms with E-state index in [9.17, 15) is 27.6 Å². The van der Waals surface area contributed by atoms with Crippen molar-refractivity contribution in [3.05, 3.63) is 76.1 Å². The fourth-order valence-electron chi connectivity index (χ4n) is 7.71. The summed E-state index contributed by atoms with van der Waals surface area (Å²) in [6.45, 7) is 4.55. The van der Waals surface area contributed by atoms with Gasteiger partial charge in [-0.2, -0.15) is 5.10 Å². The number of anilines is 1. The van der Waals surface area contributed by atoms with Crippen molar-refractivity contribution in [2.45, 2.75) is 69.8 Å². The zero-order chi connectivity index (χ0) is 38.4. The Hall–Kier alpha value is -4.76. The number of halogens is 4. The summed E-state index contributed by atoms with van der Waals surface area (Å²) in [4.78, 5) is 40.1. The average Bonchev–Trinajstić information content (AvgIpc) is 3.65. The Morgan fingerprint density at radius 1 is 1.07 bits per heavy atom. The van der Waals surface area contributed by atoms with E-state index < -0.39 is 12.4 Å². The van der Waals surface area contributed by atoms with Crippen LogP contribution in [0.1, 0.15) is 62.0 Å². The van der Waals surface area contributed by atoms with Crippen LogP contribution in [0.2, 0.25) is 0 Å². The van der Waals surface area contributed by atoms with Gasteiger partial charge in [0.1, 0.15) is 23.4 Å². The Morgan fingerprint density at radius 3 is 2.50 bits per heavy atom. The third-order valence-electron chi connectivity index (χ3n) is 10.9. The number of amides is 1. The van der Waals surface area contributed by atoms with E-state index in [1.165, 1.54) is 22.9 Å². The number of rotatable bonds is 14. The number of benzene rings is 2. The summed E-state index contributed by atoms with van der Waals surface area (Å²) < 4.78 is 61.7. The number of H-pyrrole nitrogens is 1. The Kier molecular flexibility index (Phi) is 12.4. The lowest BCUT2D eigenvalue weighted by atomic mass is 9.88. The number of fused-ring (bicyclic) bond motifs is 1. The number of hydrogen-bond acceptors (Lipinski definition) is 8. The highest BCUT2D eigenvalue weighted by Crippen LogP contribution is 2.36. The number of carbonyl (C=O) groups excluding carboxylic acids is 2. The molecule has 54 heavy (non-hydrogen) atoms. The molecule has 0 spiro atoms. The molecule has 2 fully saturated rings. The van der Waals surface area contributed by atoms with Crippen LogP contribution in [0.4, 0.5) is 23.2 Å². The average molecular weight is 754 g/mol. The molecule has 1 unspecified atom stereocenters. The zero-order valence-electron chi connectivity index (χ0n) is 30.6. The minimum Gasteiger partial charge on any atom is -0.405 e. The first-order valence-corrected chi connectivity index (χ1v) is 18.5. The third-order valence-corrected chi connectivity index (χ3v) is 10.9. The van der Waals surface area contributed by atoms with Gasteiger partial charge in [-0.3, -0.25) is 19.6 Å². The highest BCUT2D eigenvalue weighted by Gasteiger charge is 2.33. The molecular weight excluding hydrogens is 706 g/mol. The molecular formula is C39H47F4N7O4. The predicted molar refractivity (Wildman–Crippen MR) is 198 cm³/mol. The van der Waals surface area contributed by atoms with Crippen molar-refractivity contribution >= 4 is 28.8 Å². The molecule has 0 aliphatic carbocycles. The van der Waals surface area contributed by atoms with Crippen LogP contribution in [0.15, 0.2) is 53.6 Å². The molecule has 6 rings (SSSR count). The normalized spacial score (nSPS) is 17.1. The van der Waals surface area contributed by atoms with Gasteiger partial charge in [0.05, 0.1) is 12.2 Å². The summed E-state index contributed by atoms with van der Waals surface area (Å²) >= 11 is 0. The first-order valence-electron chi connectivity index (χ1n) is 18.5. The van der Waals surface area contributed by atoms with Gasteiger partial charge in [-0.1, -0.05) is 18.2 Å². The number of nitrogens with one attached hydrogen (secondary N) is 3. The number of aromatic nitrogens is 3. The Labute approximate surface area is 311 Å². The first-order chi connectivity index (χ1) is 25.9. The monoisotopic (exact) mass is 753 g/mol. The molecule has 2 aromatic carbocycles. The van der Waals surface area contributed by atoms with Gasteiger partial charge in [0, 0.05) is 55.5 Å². The van der Waals surface area contributed by atoms with E-state index in [0.29, 0.717) is 52.2 Å². The molecule has 0 saturated carbocycles. The van der Waals surface area contributed by atoms with E-state index in [1.54, 1.807) is 44.6 Å². The van der Waals surface area contributed by atoms with Crippen molar-refractivity contribution in [3.63, 3.8) is 0 Å². The van der Waals surface area contributed by atoms with Crippen LogP contribution in [0.5, 0.6) is 5.75 Å². The standard InChI is InChI=1S/C39H47F4N7O4/c1-44-36(52)8-6-30(24-51)46-29-5-7-31(34(40)20-29)26-12-17-49(18-13-26)14-9-25-10-15-50(16-11-25)22-28-4-3-27(19-35(28)54-39(41,42)43)33-23-48(2)38(53)37-32(33)21-45-47-37/h3-5,7,19-21,23-26,30,46H,6,8-18,22H2,1-2H3,(H,44,52)(H,45,47). The molecule has 1 atom stereocenters. The Balaban J connectivity index is 0.976. The van der Waals surface area contributed by atoms with Gasteiger partial charge in [-0.05, 0) is 112 Å². The number of aldehydes is 1. The fourth-order valence-corrected chi connectivity index (χ4v) is 7.71. The van der Waals surface area contributed by atoms with E-state index in [4.69, 9.17) is 0 Å². The minimum atomic E-state index is -4.86. The summed E-state index contributed by atoms with van der Waals surface area (Å²) in [5, 5.41) is 12.7. The van der Waals surface area contributed by atoms with Crippen LogP contribution in [0.25, 0.3) is 22.0 Å². The Morgan fingerprint density at radius 2 is 1.81 bits per heavy atom. The summed E-state index contributed by atoms with van der Waals surface area (Å²) in [7, 11) is 3.12. The van der Waals surface area contributed by atoms with Crippen LogP contribution in [0, 0.1) is 11.7 Å². The van der Waals surface area contributed by atoms with Gasteiger partial charge in [0.2, 0.25) is 5.91 Å². The molecule has 4 heterocycles. The SMILES string of the molecule is CNC(=O)CCC(C=O)Nc1ccc(C2CCN(CCC3CCN(Cc4ccc(-c5cn(C)c(=O)c6[nH]ncc56)cc4OC(F)(F)F)CC3)CC2)c(F)c1. The maximum Gasteiger partial charge on any atom is 0.573 e. The van der Waals surface area contributed by atoms with Gasteiger partial charge in [0.15, 0.2) is 0 Å². The smallest absolute Gasteiger partial charge is 0.405 e. The number of ether oxygens (including phenoxy) is 1. The van der Waals surface area contributed by atoms with E-state index in [0.717, 1.165) is 71.1 Å². The lowest BCUT2D eigenvalue weighted by molar-refractivity contribution is -0.275. The molecule has 2 aliphatic heterocycles. The summed E-state index contributed by atoms with van der Waals surface area (Å²) in [6, 6.07) is 9.24. The van der Waals surface area contributed by atoms with Gasteiger partial charge in [-0.15, -0.1) is 13.2 Å². The highest BCUT2D eigenvalue weighted by molar-refractivity contribution is 5.93. The number of pyridine rings is 1. The molecule has 1 amide bonds. The molecule has 4 aromatic rings. The van der Waals surface area contributed by atoms with Crippen LogP contribution in [-0.2, 0) is 23.2 Å². The fraction of sp³-hybridized carbons (Fsp3) is 0.487. The molecule has 2 saturated heterocycles. The van der Waals surface area contributed by atoms with Crippen LogP contribution < -0.4 is 20.9 Å². The van der Waals surface area contributed by atoms with Crippen LogP contribution >= 0.6 is 0 Å². The second-order valence-corrected chi connectivity index (χ2v) is 14.4. The maximum absolute atomic E-state index is 15.2.